The molecule has 1 N–H and O–H groups in total. The van der Waals surface area contributed by atoms with Crippen molar-refractivity contribution < 1.29 is 9.47 Å². The first-order valence-electron chi connectivity index (χ1n) is 5.95. The van der Waals surface area contributed by atoms with E-state index in [-0.39, 0.29) is 0 Å². The normalized spacial score (nSPS) is 34.2. The summed E-state index contributed by atoms with van der Waals surface area (Å²) in [6, 6.07) is 0.536. The lowest BCUT2D eigenvalue weighted by Crippen LogP contribution is -2.41. The van der Waals surface area contributed by atoms with Crippen LogP contribution in [0.5, 0.6) is 0 Å². The van der Waals surface area contributed by atoms with E-state index in [9.17, 15) is 0 Å². The van der Waals surface area contributed by atoms with Gasteiger partial charge in [0.25, 0.3) is 0 Å². The molecule has 2 rings (SSSR count). The van der Waals surface area contributed by atoms with Crippen molar-refractivity contribution in [3.63, 3.8) is 0 Å². The Kier molecular flexibility index (Phi) is 4.38. The Morgan fingerprint density at radius 1 is 1.20 bits per heavy atom. The van der Waals surface area contributed by atoms with Crippen molar-refractivity contribution in [2.24, 2.45) is 5.92 Å². The zero-order valence-electron chi connectivity index (χ0n) is 9.58. The summed E-state index contributed by atoms with van der Waals surface area (Å²) in [4.78, 5) is 2.51. The van der Waals surface area contributed by atoms with Gasteiger partial charge in [0.2, 0.25) is 0 Å². The average molecular weight is 214 g/mol. The zero-order chi connectivity index (χ0) is 10.5. The highest BCUT2D eigenvalue weighted by molar-refractivity contribution is 4.82. The summed E-state index contributed by atoms with van der Waals surface area (Å²) >= 11 is 0. The molecule has 2 aliphatic heterocycles. The van der Waals surface area contributed by atoms with Crippen LogP contribution in [0.2, 0.25) is 0 Å². The van der Waals surface area contributed by atoms with Gasteiger partial charge in [-0.25, -0.2) is 0 Å². The van der Waals surface area contributed by atoms with Gasteiger partial charge in [0.1, 0.15) is 0 Å². The van der Waals surface area contributed by atoms with Crippen molar-refractivity contribution >= 4 is 0 Å². The summed E-state index contributed by atoms with van der Waals surface area (Å²) in [5, 5.41) is 3.34. The molecule has 15 heavy (non-hydrogen) atoms. The van der Waals surface area contributed by atoms with Crippen molar-refractivity contribution in [3.05, 3.63) is 0 Å². The second-order valence-electron chi connectivity index (χ2n) is 4.46. The summed E-state index contributed by atoms with van der Waals surface area (Å²) in [6.07, 6.45) is 1.16. The molecule has 2 fully saturated rings. The molecule has 2 atom stereocenters. The van der Waals surface area contributed by atoms with Gasteiger partial charge in [-0.3, -0.25) is 0 Å². The molecule has 0 aromatic heterocycles. The zero-order valence-corrected chi connectivity index (χ0v) is 9.58. The van der Waals surface area contributed by atoms with Crippen LogP contribution >= 0.6 is 0 Å². The van der Waals surface area contributed by atoms with Gasteiger partial charge >= 0.3 is 0 Å². The van der Waals surface area contributed by atoms with E-state index in [0.29, 0.717) is 12.0 Å². The number of rotatable bonds is 3. The van der Waals surface area contributed by atoms with Crippen molar-refractivity contribution in [1.82, 2.24) is 10.2 Å². The molecule has 4 nitrogen and oxygen atoms in total. The third kappa shape index (κ3) is 3.14. The Labute approximate surface area is 91.9 Å². The standard InChI is InChI=1S/C11H22N2O2/c1-12-11-9-15-8-10(11)7-13-3-2-5-14-6-4-13/h10-12H,2-9H2,1H3. The molecule has 88 valence electrons. The summed E-state index contributed by atoms with van der Waals surface area (Å²) in [7, 11) is 2.03. The number of likely N-dealkylation sites (N-methyl/N-ethyl adjacent to an activating group) is 1. The highest BCUT2D eigenvalue weighted by Crippen LogP contribution is 2.15. The maximum atomic E-state index is 5.51. The highest BCUT2D eigenvalue weighted by Gasteiger charge is 2.28. The Morgan fingerprint density at radius 3 is 3.00 bits per heavy atom. The predicted molar refractivity (Wildman–Crippen MR) is 59.0 cm³/mol. The molecular formula is C11H22N2O2. The van der Waals surface area contributed by atoms with E-state index >= 15 is 0 Å². The SMILES string of the molecule is CNC1COCC1CN1CCCOCC1. The Balaban J connectivity index is 1.78. The third-order valence-corrected chi connectivity index (χ3v) is 3.38. The van der Waals surface area contributed by atoms with Gasteiger partial charge in [-0.2, -0.15) is 0 Å². The fourth-order valence-corrected chi connectivity index (χ4v) is 2.41. The first-order chi connectivity index (χ1) is 7.40. The second kappa shape index (κ2) is 5.80. The van der Waals surface area contributed by atoms with Gasteiger partial charge in [0.15, 0.2) is 0 Å². The average Bonchev–Trinajstić information content (AvgIpc) is 2.53. The molecule has 0 spiro atoms. The number of nitrogens with one attached hydrogen (secondary N) is 1. The molecule has 4 heteroatoms. The molecule has 2 saturated heterocycles. The molecule has 0 radical (unpaired) electrons. The van der Waals surface area contributed by atoms with E-state index < -0.39 is 0 Å². The van der Waals surface area contributed by atoms with Crippen LogP contribution in [0.15, 0.2) is 0 Å². The fraction of sp³-hybridized carbons (Fsp3) is 1.00. The summed E-state index contributed by atoms with van der Waals surface area (Å²) in [6.45, 7) is 6.98. The van der Waals surface area contributed by atoms with Crippen molar-refractivity contribution in [3.8, 4) is 0 Å². The third-order valence-electron chi connectivity index (χ3n) is 3.38. The monoisotopic (exact) mass is 214 g/mol. The number of ether oxygens (including phenoxy) is 2. The lowest BCUT2D eigenvalue weighted by molar-refractivity contribution is 0.134. The van der Waals surface area contributed by atoms with E-state index in [0.717, 1.165) is 45.9 Å². The Bertz CT molecular complexity index is 181. The molecule has 0 aliphatic carbocycles. The summed E-state index contributed by atoms with van der Waals surface area (Å²) in [5.41, 5.74) is 0. The van der Waals surface area contributed by atoms with Gasteiger partial charge in [-0.15, -0.1) is 0 Å². The van der Waals surface area contributed by atoms with Gasteiger partial charge in [0, 0.05) is 38.2 Å². The van der Waals surface area contributed by atoms with E-state index in [1.165, 1.54) is 6.54 Å². The first kappa shape index (κ1) is 11.3. The minimum absolute atomic E-state index is 0.536. The number of nitrogens with zero attached hydrogens (tertiary/aromatic N) is 1. The number of hydrogen-bond donors (Lipinski definition) is 1. The van der Waals surface area contributed by atoms with Gasteiger partial charge in [0.05, 0.1) is 19.8 Å². The predicted octanol–water partition coefficient (Wildman–Crippen LogP) is -0.0569. The molecule has 0 amide bonds. The lowest BCUT2D eigenvalue weighted by atomic mass is 10.0. The molecule has 2 unspecified atom stereocenters. The van der Waals surface area contributed by atoms with Gasteiger partial charge in [-0.1, -0.05) is 0 Å². The minimum atomic E-state index is 0.536. The Hall–Kier alpha value is -0.160. The van der Waals surface area contributed by atoms with Crippen molar-refractivity contribution in [2.45, 2.75) is 12.5 Å². The van der Waals surface area contributed by atoms with Crippen LogP contribution in [-0.4, -0.2) is 64.1 Å². The van der Waals surface area contributed by atoms with E-state index in [4.69, 9.17) is 9.47 Å². The van der Waals surface area contributed by atoms with E-state index in [1.54, 1.807) is 0 Å². The van der Waals surface area contributed by atoms with Crippen LogP contribution in [0.25, 0.3) is 0 Å². The van der Waals surface area contributed by atoms with Crippen LogP contribution in [0.1, 0.15) is 6.42 Å². The van der Waals surface area contributed by atoms with Crippen molar-refractivity contribution in [1.29, 1.82) is 0 Å². The minimum Gasteiger partial charge on any atom is -0.380 e. The maximum absolute atomic E-state index is 5.51. The lowest BCUT2D eigenvalue weighted by Gasteiger charge is -2.25. The topological polar surface area (TPSA) is 33.7 Å². The maximum Gasteiger partial charge on any atom is 0.0623 e. The molecule has 0 saturated carbocycles. The molecular weight excluding hydrogens is 192 g/mol. The van der Waals surface area contributed by atoms with Crippen LogP contribution in [0, 0.1) is 5.92 Å². The smallest absolute Gasteiger partial charge is 0.0623 e. The molecule has 2 heterocycles. The van der Waals surface area contributed by atoms with Crippen LogP contribution < -0.4 is 5.32 Å². The molecule has 2 aliphatic rings. The van der Waals surface area contributed by atoms with Crippen LogP contribution in [-0.2, 0) is 9.47 Å². The van der Waals surface area contributed by atoms with Gasteiger partial charge in [-0.05, 0) is 13.5 Å². The van der Waals surface area contributed by atoms with E-state index in [1.807, 2.05) is 7.05 Å². The fourth-order valence-electron chi connectivity index (χ4n) is 2.41. The largest absolute Gasteiger partial charge is 0.380 e. The second-order valence-corrected chi connectivity index (χ2v) is 4.46. The molecule has 0 aromatic rings. The highest BCUT2D eigenvalue weighted by atomic mass is 16.5. The first-order valence-corrected chi connectivity index (χ1v) is 5.95. The number of hydrogen-bond acceptors (Lipinski definition) is 4. The van der Waals surface area contributed by atoms with Crippen LogP contribution in [0.3, 0.4) is 0 Å². The summed E-state index contributed by atoms with van der Waals surface area (Å²) in [5.74, 6) is 0.646. The Morgan fingerprint density at radius 2 is 2.13 bits per heavy atom. The summed E-state index contributed by atoms with van der Waals surface area (Å²) < 4.78 is 11.0. The van der Waals surface area contributed by atoms with Gasteiger partial charge < -0.3 is 19.7 Å². The quantitative estimate of drug-likeness (QED) is 0.714. The molecule has 0 bridgehead atoms. The van der Waals surface area contributed by atoms with E-state index in [2.05, 4.69) is 10.2 Å². The van der Waals surface area contributed by atoms with Crippen LogP contribution in [0.4, 0.5) is 0 Å². The molecule has 0 aromatic carbocycles. The van der Waals surface area contributed by atoms with Crippen molar-refractivity contribution in [2.75, 3.05) is 53.1 Å².